The summed E-state index contributed by atoms with van der Waals surface area (Å²) in [5, 5.41) is 17.6. The molecule has 0 fully saturated rings. The smallest absolute Gasteiger partial charge is 0.291 e. The maximum Gasteiger partial charge on any atom is 0.291 e. The Hall–Kier alpha value is -4.46. The fraction of sp³-hybridized carbons (Fsp3) is 0.154. The first kappa shape index (κ1) is 21.4. The van der Waals surface area contributed by atoms with Gasteiger partial charge in [-0.3, -0.25) is 14.6 Å². The van der Waals surface area contributed by atoms with Crippen LogP contribution >= 0.6 is 0 Å². The molecule has 0 atom stereocenters. The van der Waals surface area contributed by atoms with Gasteiger partial charge in [0.05, 0.1) is 16.9 Å². The van der Waals surface area contributed by atoms with Crippen LogP contribution in [0.25, 0.3) is 10.9 Å². The quantitative estimate of drug-likeness (QED) is 0.391. The highest BCUT2D eigenvalue weighted by atomic mass is 16.4. The third-order valence-electron chi connectivity index (χ3n) is 5.83. The first-order valence-electron chi connectivity index (χ1n) is 10.9. The van der Waals surface area contributed by atoms with Gasteiger partial charge in [0.25, 0.3) is 11.8 Å². The number of phenolic OH excluding ortho intramolecular Hbond substituents is 1. The van der Waals surface area contributed by atoms with Gasteiger partial charge in [0.15, 0.2) is 5.76 Å². The zero-order valence-corrected chi connectivity index (χ0v) is 18.5. The van der Waals surface area contributed by atoms with E-state index in [9.17, 15) is 14.7 Å². The number of furan rings is 1. The van der Waals surface area contributed by atoms with Crippen molar-refractivity contribution in [2.45, 2.75) is 26.2 Å². The van der Waals surface area contributed by atoms with Crippen molar-refractivity contribution >= 4 is 34.1 Å². The van der Waals surface area contributed by atoms with E-state index in [0.717, 1.165) is 17.4 Å². The summed E-state index contributed by atoms with van der Waals surface area (Å²) in [5.74, 6) is 0.235. The van der Waals surface area contributed by atoms with E-state index in [1.807, 2.05) is 31.2 Å². The average Bonchev–Trinajstić information content (AvgIpc) is 3.20. The first-order chi connectivity index (χ1) is 16.5. The van der Waals surface area contributed by atoms with Crippen molar-refractivity contribution in [3.05, 3.63) is 89.0 Å². The van der Waals surface area contributed by atoms with E-state index in [-0.39, 0.29) is 23.3 Å². The Morgan fingerprint density at radius 2 is 1.82 bits per heavy atom. The van der Waals surface area contributed by atoms with Crippen molar-refractivity contribution in [2.24, 2.45) is 5.10 Å². The van der Waals surface area contributed by atoms with E-state index in [4.69, 9.17) is 4.42 Å². The number of hydrogen-bond donors (Lipinski definition) is 3. The van der Waals surface area contributed by atoms with Crippen LogP contribution in [0.2, 0.25) is 0 Å². The fourth-order valence-corrected chi connectivity index (χ4v) is 4.18. The molecule has 4 aromatic rings. The maximum absolute atomic E-state index is 13.1. The molecule has 0 radical (unpaired) electrons. The van der Waals surface area contributed by atoms with Crippen molar-refractivity contribution in [1.82, 2.24) is 10.4 Å². The van der Waals surface area contributed by atoms with E-state index in [1.165, 1.54) is 24.3 Å². The number of anilines is 1. The molecule has 3 N–H and O–H groups in total. The number of para-hydroxylation sites is 1. The zero-order chi connectivity index (χ0) is 23.7. The number of pyridine rings is 1. The molecule has 0 unspecified atom stereocenters. The fourth-order valence-electron chi connectivity index (χ4n) is 4.18. The SMILES string of the molecule is Cc1c(C(=O)Nc2cccc3cccnc23)oc2c1/C(=N/NC(=O)c1ccc(O)cc1)CCC2. The summed E-state index contributed by atoms with van der Waals surface area (Å²) in [5.41, 5.74) is 6.36. The van der Waals surface area contributed by atoms with Crippen LogP contribution in [-0.4, -0.2) is 27.6 Å². The number of aromatic hydroxyl groups is 1. The molecular weight excluding hydrogens is 432 g/mol. The standard InChI is InChI=1S/C26H22N4O4/c1-15-22-19(29-30-25(32)17-10-12-18(31)13-11-17)7-3-9-21(22)34-24(15)26(33)28-20-8-2-5-16-6-4-14-27-23(16)20/h2,4-6,8,10-14,31H,3,7,9H2,1H3,(H,28,33)(H,30,32)/b29-19+. The van der Waals surface area contributed by atoms with E-state index in [2.05, 4.69) is 20.8 Å². The van der Waals surface area contributed by atoms with E-state index in [0.29, 0.717) is 46.6 Å². The van der Waals surface area contributed by atoms with Gasteiger partial charge >= 0.3 is 0 Å². The number of rotatable bonds is 4. The minimum absolute atomic E-state index is 0.0823. The lowest BCUT2D eigenvalue weighted by molar-refractivity contribution is 0.0953. The second-order valence-corrected chi connectivity index (χ2v) is 8.09. The summed E-state index contributed by atoms with van der Waals surface area (Å²) in [6.45, 7) is 1.82. The highest BCUT2D eigenvalue weighted by Gasteiger charge is 2.28. The topological polar surface area (TPSA) is 117 Å². The molecule has 0 bridgehead atoms. The molecule has 5 rings (SSSR count). The van der Waals surface area contributed by atoms with Gasteiger partial charge in [-0.25, -0.2) is 5.43 Å². The third kappa shape index (κ3) is 4.01. The van der Waals surface area contributed by atoms with Crippen LogP contribution in [0.15, 0.2) is 70.3 Å². The lowest BCUT2D eigenvalue weighted by Crippen LogP contribution is -2.22. The average molecular weight is 454 g/mol. The second-order valence-electron chi connectivity index (χ2n) is 8.09. The van der Waals surface area contributed by atoms with Gasteiger partial charge in [-0.15, -0.1) is 0 Å². The number of fused-ring (bicyclic) bond motifs is 2. The number of benzene rings is 2. The van der Waals surface area contributed by atoms with Gasteiger partial charge < -0.3 is 14.8 Å². The molecule has 0 aliphatic heterocycles. The molecule has 170 valence electrons. The zero-order valence-electron chi connectivity index (χ0n) is 18.5. The summed E-state index contributed by atoms with van der Waals surface area (Å²) in [6, 6.07) is 15.3. The van der Waals surface area contributed by atoms with Gasteiger partial charge in [0.2, 0.25) is 0 Å². The van der Waals surface area contributed by atoms with Gasteiger partial charge in [0.1, 0.15) is 11.5 Å². The molecule has 0 saturated heterocycles. The number of nitrogens with one attached hydrogen (secondary N) is 2. The molecule has 1 aliphatic rings. The van der Waals surface area contributed by atoms with Crippen molar-refractivity contribution in [3.8, 4) is 5.75 Å². The molecule has 1 aliphatic carbocycles. The molecular formula is C26H22N4O4. The van der Waals surface area contributed by atoms with Crippen molar-refractivity contribution in [3.63, 3.8) is 0 Å². The Balaban J connectivity index is 1.40. The Morgan fingerprint density at radius 1 is 1.03 bits per heavy atom. The molecule has 0 spiro atoms. The number of nitrogens with zero attached hydrogens (tertiary/aromatic N) is 2. The van der Waals surface area contributed by atoms with Crippen molar-refractivity contribution in [1.29, 1.82) is 0 Å². The van der Waals surface area contributed by atoms with Crippen molar-refractivity contribution < 1.29 is 19.1 Å². The van der Waals surface area contributed by atoms with E-state index < -0.39 is 0 Å². The Kier molecular flexibility index (Phi) is 5.55. The van der Waals surface area contributed by atoms with Gasteiger partial charge in [-0.1, -0.05) is 18.2 Å². The molecule has 2 heterocycles. The molecule has 0 saturated carbocycles. The van der Waals surface area contributed by atoms with Gasteiger partial charge in [-0.2, -0.15) is 5.10 Å². The lowest BCUT2D eigenvalue weighted by Gasteiger charge is -2.13. The normalized spacial score (nSPS) is 14.1. The number of amides is 2. The van der Waals surface area contributed by atoms with Gasteiger partial charge in [-0.05, 0) is 56.2 Å². The van der Waals surface area contributed by atoms with Crippen LogP contribution in [0.1, 0.15) is 50.6 Å². The van der Waals surface area contributed by atoms with Crippen LogP contribution in [-0.2, 0) is 6.42 Å². The van der Waals surface area contributed by atoms with E-state index in [1.54, 1.807) is 12.3 Å². The monoisotopic (exact) mass is 454 g/mol. The molecule has 8 heteroatoms. The molecule has 34 heavy (non-hydrogen) atoms. The molecule has 2 amide bonds. The second kappa shape index (κ2) is 8.82. The number of carbonyl (C=O) groups is 2. The molecule has 2 aromatic heterocycles. The Bertz CT molecular complexity index is 1430. The number of hydrogen-bond acceptors (Lipinski definition) is 6. The van der Waals surface area contributed by atoms with Crippen LogP contribution in [0.3, 0.4) is 0 Å². The predicted octanol–water partition coefficient (Wildman–Crippen LogP) is 4.56. The van der Waals surface area contributed by atoms with Gasteiger partial charge in [0, 0.05) is 34.7 Å². The maximum atomic E-state index is 13.1. The summed E-state index contributed by atoms with van der Waals surface area (Å²) in [7, 11) is 0. The number of phenols is 1. The minimum atomic E-state index is -0.387. The predicted molar refractivity (Wildman–Crippen MR) is 128 cm³/mol. The largest absolute Gasteiger partial charge is 0.508 e. The van der Waals surface area contributed by atoms with Crippen molar-refractivity contribution in [2.75, 3.05) is 5.32 Å². The third-order valence-corrected chi connectivity index (χ3v) is 5.83. The van der Waals surface area contributed by atoms with E-state index >= 15 is 0 Å². The summed E-state index contributed by atoms with van der Waals surface area (Å²) < 4.78 is 5.96. The Labute approximate surface area is 195 Å². The number of aromatic nitrogens is 1. The summed E-state index contributed by atoms with van der Waals surface area (Å²) in [4.78, 5) is 29.9. The van der Waals surface area contributed by atoms with Crippen LogP contribution in [0.5, 0.6) is 5.75 Å². The van der Waals surface area contributed by atoms with Crippen LogP contribution in [0, 0.1) is 6.92 Å². The number of carbonyl (C=O) groups excluding carboxylic acids is 2. The Morgan fingerprint density at radius 3 is 2.65 bits per heavy atom. The summed E-state index contributed by atoms with van der Waals surface area (Å²) >= 11 is 0. The summed E-state index contributed by atoms with van der Waals surface area (Å²) in [6.07, 6.45) is 3.81. The number of hydrazone groups is 1. The minimum Gasteiger partial charge on any atom is -0.508 e. The molecule has 2 aromatic carbocycles. The van der Waals surface area contributed by atoms with Crippen LogP contribution in [0.4, 0.5) is 5.69 Å². The highest BCUT2D eigenvalue weighted by Crippen LogP contribution is 2.31. The van der Waals surface area contributed by atoms with Crippen LogP contribution < -0.4 is 10.7 Å². The molecule has 8 nitrogen and oxygen atoms in total. The lowest BCUT2D eigenvalue weighted by atomic mass is 9.93. The highest BCUT2D eigenvalue weighted by molar-refractivity contribution is 6.11. The number of aryl methyl sites for hydroxylation is 1. The first-order valence-corrected chi connectivity index (χ1v) is 10.9.